The molecule has 1 unspecified atom stereocenters. The highest BCUT2D eigenvalue weighted by atomic mass is 16.5. The van der Waals surface area contributed by atoms with Crippen molar-refractivity contribution in [2.24, 2.45) is 11.7 Å². The molecule has 0 aliphatic carbocycles. The Kier molecular flexibility index (Phi) is 5.36. The van der Waals surface area contributed by atoms with Crippen molar-refractivity contribution in [2.75, 3.05) is 20.2 Å². The van der Waals surface area contributed by atoms with Crippen molar-refractivity contribution in [1.82, 2.24) is 4.90 Å². The van der Waals surface area contributed by atoms with E-state index < -0.39 is 5.91 Å². The van der Waals surface area contributed by atoms with Crippen molar-refractivity contribution in [3.8, 4) is 11.8 Å². The topological polar surface area (TPSA) is 96.4 Å². The minimum absolute atomic E-state index is 0.0309. The number of piperidine rings is 1. The van der Waals surface area contributed by atoms with Crippen LogP contribution < -0.4 is 10.5 Å². The molecule has 120 valence electrons. The van der Waals surface area contributed by atoms with E-state index in [0.717, 1.165) is 0 Å². The smallest absolute Gasteiger partial charge is 0.264 e. The van der Waals surface area contributed by atoms with Gasteiger partial charge in [0.1, 0.15) is 17.4 Å². The van der Waals surface area contributed by atoms with Crippen molar-refractivity contribution in [1.29, 1.82) is 5.26 Å². The van der Waals surface area contributed by atoms with Gasteiger partial charge in [-0.25, -0.2) is 0 Å². The average molecular weight is 313 g/mol. The van der Waals surface area contributed by atoms with Crippen molar-refractivity contribution in [3.05, 3.63) is 35.4 Å². The summed E-state index contributed by atoms with van der Waals surface area (Å²) in [7, 11) is 1.55. The van der Waals surface area contributed by atoms with Gasteiger partial charge in [-0.05, 0) is 36.6 Å². The Bertz CT molecular complexity index is 676. The van der Waals surface area contributed by atoms with Gasteiger partial charge in [-0.1, -0.05) is 12.1 Å². The zero-order valence-corrected chi connectivity index (χ0v) is 13.0. The van der Waals surface area contributed by atoms with Gasteiger partial charge in [0.05, 0.1) is 13.0 Å². The SMILES string of the molecule is COc1cccc(/C=C(\C#N)C(=O)N2CCCC(C(N)=O)C2)c1. The maximum Gasteiger partial charge on any atom is 0.264 e. The van der Waals surface area contributed by atoms with Crippen LogP contribution in [0.3, 0.4) is 0 Å². The molecule has 1 aliphatic rings. The Morgan fingerprint density at radius 3 is 2.91 bits per heavy atom. The lowest BCUT2D eigenvalue weighted by Gasteiger charge is -2.31. The lowest BCUT2D eigenvalue weighted by Crippen LogP contribution is -2.44. The zero-order chi connectivity index (χ0) is 16.8. The van der Waals surface area contributed by atoms with Gasteiger partial charge in [0.25, 0.3) is 5.91 Å². The number of nitriles is 1. The number of nitrogens with two attached hydrogens (primary N) is 1. The number of ether oxygens (including phenoxy) is 1. The molecule has 23 heavy (non-hydrogen) atoms. The summed E-state index contributed by atoms with van der Waals surface area (Å²) in [4.78, 5) is 25.3. The van der Waals surface area contributed by atoms with Gasteiger partial charge in [0.2, 0.25) is 5.91 Å². The van der Waals surface area contributed by atoms with Crippen molar-refractivity contribution in [2.45, 2.75) is 12.8 Å². The molecule has 1 aromatic rings. The summed E-state index contributed by atoms with van der Waals surface area (Å²) in [6.45, 7) is 0.797. The number of amides is 2. The van der Waals surface area contributed by atoms with Gasteiger partial charge in [-0.2, -0.15) is 5.26 Å². The normalized spacial score (nSPS) is 18.2. The minimum atomic E-state index is -0.405. The summed E-state index contributed by atoms with van der Waals surface area (Å²) in [6.07, 6.45) is 2.91. The second kappa shape index (κ2) is 7.45. The zero-order valence-electron chi connectivity index (χ0n) is 13.0. The van der Waals surface area contributed by atoms with Crippen LogP contribution in [-0.2, 0) is 9.59 Å². The van der Waals surface area contributed by atoms with Crippen LogP contribution in [0.4, 0.5) is 0 Å². The summed E-state index contributed by atoms with van der Waals surface area (Å²) < 4.78 is 5.13. The van der Waals surface area contributed by atoms with Crippen molar-refractivity contribution >= 4 is 17.9 Å². The summed E-state index contributed by atoms with van der Waals surface area (Å²) in [5, 5.41) is 9.30. The number of hydrogen-bond acceptors (Lipinski definition) is 4. The molecule has 6 nitrogen and oxygen atoms in total. The minimum Gasteiger partial charge on any atom is -0.497 e. The van der Waals surface area contributed by atoms with Crippen LogP contribution in [0.2, 0.25) is 0 Å². The predicted molar refractivity (Wildman–Crippen MR) is 85.1 cm³/mol. The molecule has 0 radical (unpaired) electrons. The first-order valence-corrected chi connectivity index (χ1v) is 7.39. The van der Waals surface area contributed by atoms with Gasteiger partial charge in [-0.15, -0.1) is 0 Å². The molecule has 0 bridgehead atoms. The Morgan fingerprint density at radius 1 is 1.48 bits per heavy atom. The maximum atomic E-state index is 12.5. The molecule has 1 atom stereocenters. The van der Waals surface area contributed by atoms with E-state index in [2.05, 4.69) is 0 Å². The standard InChI is InChI=1S/C17H19N3O3/c1-23-15-6-2-4-12(9-15)8-14(10-18)17(22)20-7-3-5-13(11-20)16(19)21/h2,4,6,8-9,13H,3,5,7,11H2,1H3,(H2,19,21)/b14-8+. The molecule has 6 heteroatoms. The Hall–Kier alpha value is -2.81. The Balaban J connectivity index is 2.19. The Labute approximate surface area is 135 Å². The number of benzene rings is 1. The molecule has 0 saturated carbocycles. The fraction of sp³-hybridized carbons (Fsp3) is 0.353. The largest absolute Gasteiger partial charge is 0.497 e. The van der Waals surface area contributed by atoms with Crippen molar-refractivity contribution < 1.29 is 14.3 Å². The number of carbonyl (C=O) groups excluding carboxylic acids is 2. The molecule has 2 amide bonds. The third-order valence-corrected chi connectivity index (χ3v) is 3.87. The van der Waals surface area contributed by atoms with Gasteiger partial charge in [-0.3, -0.25) is 9.59 Å². The molecule has 0 aromatic heterocycles. The predicted octanol–water partition coefficient (Wildman–Crippen LogP) is 1.33. The molecule has 1 aliphatic heterocycles. The number of nitrogens with zero attached hydrogens (tertiary/aromatic N) is 2. The second-order valence-electron chi connectivity index (χ2n) is 5.44. The molecule has 2 N–H and O–H groups in total. The molecule has 1 aromatic carbocycles. The van der Waals surface area contributed by atoms with E-state index in [1.165, 1.54) is 11.0 Å². The van der Waals surface area contributed by atoms with Crippen LogP contribution in [0.1, 0.15) is 18.4 Å². The highest BCUT2D eigenvalue weighted by Crippen LogP contribution is 2.20. The summed E-state index contributed by atoms with van der Waals surface area (Å²) in [5.41, 5.74) is 6.06. The fourth-order valence-corrected chi connectivity index (χ4v) is 2.60. The third kappa shape index (κ3) is 4.10. The van der Waals surface area contributed by atoms with Gasteiger partial charge in [0, 0.05) is 13.1 Å². The average Bonchev–Trinajstić information content (AvgIpc) is 2.59. The molecule has 1 fully saturated rings. The number of primary amides is 1. The molecular formula is C17H19N3O3. The van der Waals surface area contributed by atoms with Gasteiger partial charge < -0.3 is 15.4 Å². The quantitative estimate of drug-likeness (QED) is 0.670. The van der Waals surface area contributed by atoms with Gasteiger partial charge >= 0.3 is 0 Å². The number of carbonyl (C=O) groups is 2. The molecule has 0 spiro atoms. The van der Waals surface area contributed by atoms with E-state index in [4.69, 9.17) is 10.5 Å². The molecule has 2 rings (SSSR count). The number of likely N-dealkylation sites (tertiary alicyclic amines) is 1. The first kappa shape index (κ1) is 16.6. The molecular weight excluding hydrogens is 294 g/mol. The summed E-state index contributed by atoms with van der Waals surface area (Å²) in [5.74, 6) is -0.473. The first-order valence-electron chi connectivity index (χ1n) is 7.39. The maximum absolute atomic E-state index is 12.5. The second-order valence-corrected chi connectivity index (χ2v) is 5.44. The third-order valence-electron chi connectivity index (χ3n) is 3.87. The lowest BCUT2D eigenvalue weighted by atomic mass is 9.97. The van der Waals surface area contributed by atoms with Crippen LogP contribution in [0.15, 0.2) is 29.8 Å². The molecule has 1 saturated heterocycles. The highest BCUT2D eigenvalue weighted by molar-refractivity contribution is 6.02. The van der Waals surface area contributed by atoms with E-state index in [9.17, 15) is 14.9 Å². The Morgan fingerprint density at radius 2 is 2.26 bits per heavy atom. The van der Waals surface area contributed by atoms with Crippen LogP contribution in [0.25, 0.3) is 6.08 Å². The van der Waals surface area contributed by atoms with E-state index in [0.29, 0.717) is 30.7 Å². The summed E-state index contributed by atoms with van der Waals surface area (Å²) >= 11 is 0. The first-order chi connectivity index (χ1) is 11.0. The van der Waals surface area contributed by atoms with Crippen LogP contribution in [0, 0.1) is 17.2 Å². The highest BCUT2D eigenvalue weighted by Gasteiger charge is 2.28. The fourth-order valence-electron chi connectivity index (χ4n) is 2.60. The van der Waals surface area contributed by atoms with Crippen LogP contribution >= 0.6 is 0 Å². The monoisotopic (exact) mass is 313 g/mol. The van der Waals surface area contributed by atoms with E-state index >= 15 is 0 Å². The van der Waals surface area contributed by atoms with Crippen LogP contribution in [0.5, 0.6) is 5.75 Å². The number of rotatable bonds is 4. The van der Waals surface area contributed by atoms with Gasteiger partial charge in [0.15, 0.2) is 0 Å². The lowest BCUT2D eigenvalue weighted by molar-refractivity contribution is -0.131. The molecule has 1 heterocycles. The van der Waals surface area contributed by atoms with E-state index in [1.807, 2.05) is 6.07 Å². The van der Waals surface area contributed by atoms with Crippen LogP contribution in [-0.4, -0.2) is 36.9 Å². The number of hydrogen-bond donors (Lipinski definition) is 1. The van der Waals surface area contributed by atoms with Crippen molar-refractivity contribution in [3.63, 3.8) is 0 Å². The number of methoxy groups -OCH3 is 1. The van der Waals surface area contributed by atoms with E-state index in [-0.39, 0.29) is 23.9 Å². The van der Waals surface area contributed by atoms with E-state index in [1.54, 1.807) is 31.4 Å². The summed E-state index contributed by atoms with van der Waals surface area (Å²) in [6, 6.07) is 9.04.